The van der Waals surface area contributed by atoms with E-state index < -0.39 is 5.79 Å². The highest BCUT2D eigenvalue weighted by molar-refractivity contribution is 8.00. The van der Waals surface area contributed by atoms with Gasteiger partial charge >= 0.3 is 5.97 Å². The van der Waals surface area contributed by atoms with Gasteiger partial charge in [-0.15, -0.1) is 0 Å². The second kappa shape index (κ2) is 5.59. The Balaban J connectivity index is 1.88. The van der Waals surface area contributed by atoms with Crippen LogP contribution in [0.4, 0.5) is 0 Å². The van der Waals surface area contributed by atoms with E-state index in [1.54, 1.807) is 0 Å². The van der Waals surface area contributed by atoms with Gasteiger partial charge in [0.25, 0.3) is 0 Å². The smallest absolute Gasteiger partial charge is 0.308 e. The molecule has 3 atom stereocenters. The fourth-order valence-corrected chi connectivity index (χ4v) is 3.77. The molecule has 2 aliphatic heterocycles. The number of carbonyl (C=O) groups excluding carboxylic acids is 1. The summed E-state index contributed by atoms with van der Waals surface area (Å²) in [6.45, 7) is 2.48. The topological polar surface area (TPSA) is 44.8 Å². The number of rotatable bonds is 3. The van der Waals surface area contributed by atoms with Gasteiger partial charge in [-0.1, -0.05) is 6.42 Å². The number of thioether (sulfide) groups is 1. The van der Waals surface area contributed by atoms with E-state index in [0.717, 1.165) is 6.42 Å². The number of ether oxygens (including phenoxy) is 3. The molecule has 2 saturated heterocycles. The number of methoxy groups -OCH3 is 1. The molecule has 2 rings (SSSR count). The van der Waals surface area contributed by atoms with Crippen molar-refractivity contribution in [1.82, 2.24) is 0 Å². The average molecular weight is 260 g/mol. The molecule has 3 unspecified atom stereocenters. The van der Waals surface area contributed by atoms with Crippen molar-refractivity contribution in [2.24, 2.45) is 0 Å². The Labute approximate surface area is 106 Å². The molecule has 17 heavy (non-hydrogen) atoms. The molecule has 98 valence electrons. The van der Waals surface area contributed by atoms with E-state index in [-0.39, 0.29) is 18.5 Å². The molecule has 0 aliphatic carbocycles. The Kier molecular flexibility index (Phi) is 4.33. The highest BCUT2D eigenvalue weighted by atomic mass is 32.2. The summed E-state index contributed by atoms with van der Waals surface area (Å²) in [7, 11) is 1.40. The van der Waals surface area contributed by atoms with Gasteiger partial charge in [0.15, 0.2) is 5.79 Å². The first-order valence-corrected chi connectivity index (χ1v) is 7.19. The molecule has 0 amide bonds. The zero-order valence-corrected chi connectivity index (χ0v) is 11.3. The van der Waals surface area contributed by atoms with Crippen LogP contribution in [0.1, 0.15) is 32.6 Å². The van der Waals surface area contributed by atoms with Gasteiger partial charge < -0.3 is 14.2 Å². The molecule has 0 bridgehead atoms. The van der Waals surface area contributed by atoms with Crippen molar-refractivity contribution < 1.29 is 19.0 Å². The Hall–Kier alpha value is -0.260. The fourth-order valence-electron chi connectivity index (χ4n) is 2.35. The first kappa shape index (κ1) is 13.2. The number of carbonyl (C=O) groups is 1. The van der Waals surface area contributed by atoms with Gasteiger partial charge in [-0.3, -0.25) is 4.79 Å². The lowest BCUT2D eigenvalue weighted by molar-refractivity contribution is -0.161. The minimum Gasteiger partial charge on any atom is -0.469 e. The van der Waals surface area contributed by atoms with Crippen LogP contribution in [0.3, 0.4) is 0 Å². The third kappa shape index (κ3) is 3.14. The van der Waals surface area contributed by atoms with Gasteiger partial charge in [0.05, 0.1) is 31.5 Å². The van der Waals surface area contributed by atoms with Gasteiger partial charge in [0.2, 0.25) is 0 Å². The monoisotopic (exact) mass is 260 g/mol. The van der Waals surface area contributed by atoms with Crippen molar-refractivity contribution in [3.8, 4) is 0 Å². The third-order valence-corrected chi connectivity index (χ3v) is 4.93. The lowest BCUT2D eigenvalue weighted by Gasteiger charge is -2.34. The third-order valence-electron chi connectivity index (χ3n) is 3.34. The number of hydrogen-bond donors (Lipinski definition) is 0. The molecule has 2 aliphatic rings. The van der Waals surface area contributed by atoms with Crippen LogP contribution < -0.4 is 0 Å². The van der Waals surface area contributed by atoms with Crippen LogP contribution in [-0.2, 0) is 19.0 Å². The van der Waals surface area contributed by atoms with Crippen molar-refractivity contribution in [2.75, 3.05) is 19.5 Å². The van der Waals surface area contributed by atoms with E-state index >= 15 is 0 Å². The van der Waals surface area contributed by atoms with Gasteiger partial charge in [-0.2, -0.15) is 11.8 Å². The predicted octanol–water partition coefficient (Wildman–Crippen LogP) is 1.97. The van der Waals surface area contributed by atoms with Crippen molar-refractivity contribution in [1.29, 1.82) is 0 Å². The standard InChI is InChI=1S/C12H20O4S/c1-12(10-5-3-4-6-17-10)15-8-9(16-12)7-11(13)14-2/h9-10H,3-8H2,1-2H3. The minimum absolute atomic E-state index is 0.157. The van der Waals surface area contributed by atoms with Crippen molar-refractivity contribution >= 4 is 17.7 Å². The van der Waals surface area contributed by atoms with Crippen molar-refractivity contribution in [3.05, 3.63) is 0 Å². The van der Waals surface area contributed by atoms with E-state index in [1.165, 1.54) is 25.7 Å². The fraction of sp³-hybridized carbons (Fsp3) is 0.917. The van der Waals surface area contributed by atoms with E-state index in [9.17, 15) is 4.79 Å². The summed E-state index contributed by atoms with van der Waals surface area (Å²) in [5.74, 6) is 0.414. The number of esters is 1. The van der Waals surface area contributed by atoms with Crippen molar-refractivity contribution in [2.45, 2.75) is 49.7 Å². The Morgan fingerprint density at radius 1 is 1.53 bits per heavy atom. The summed E-state index contributed by atoms with van der Waals surface area (Å²) < 4.78 is 16.4. The molecular weight excluding hydrogens is 240 g/mol. The Morgan fingerprint density at radius 3 is 3.00 bits per heavy atom. The first-order valence-electron chi connectivity index (χ1n) is 6.14. The maximum atomic E-state index is 11.2. The lowest BCUT2D eigenvalue weighted by Crippen LogP contribution is -2.40. The van der Waals surface area contributed by atoms with Gasteiger partial charge in [-0.25, -0.2) is 0 Å². The summed E-state index contributed by atoms with van der Waals surface area (Å²) in [6, 6.07) is 0. The summed E-state index contributed by atoms with van der Waals surface area (Å²) in [5.41, 5.74) is 0. The molecule has 0 spiro atoms. The molecule has 0 N–H and O–H groups in total. The van der Waals surface area contributed by atoms with Crippen LogP contribution in [0, 0.1) is 0 Å². The minimum atomic E-state index is -0.524. The van der Waals surface area contributed by atoms with E-state index in [4.69, 9.17) is 9.47 Å². The van der Waals surface area contributed by atoms with Crippen LogP contribution >= 0.6 is 11.8 Å². The molecule has 2 fully saturated rings. The quantitative estimate of drug-likeness (QED) is 0.726. The van der Waals surface area contributed by atoms with Crippen LogP contribution in [0.5, 0.6) is 0 Å². The van der Waals surface area contributed by atoms with Crippen LogP contribution in [0.2, 0.25) is 0 Å². The lowest BCUT2D eigenvalue weighted by atomic mass is 10.1. The van der Waals surface area contributed by atoms with Crippen LogP contribution in [0.25, 0.3) is 0 Å². The summed E-state index contributed by atoms with van der Waals surface area (Å²) in [5, 5.41) is 0.388. The summed E-state index contributed by atoms with van der Waals surface area (Å²) >= 11 is 1.92. The van der Waals surface area contributed by atoms with Gasteiger partial charge in [-0.05, 0) is 25.5 Å². The molecule has 2 heterocycles. The number of hydrogen-bond acceptors (Lipinski definition) is 5. The SMILES string of the molecule is COC(=O)CC1COC(C)(C2CCCCS2)O1. The van der Waals surface area contributed by atoms with Gasteiger partial charge in [0, 0.05) is 0 Å². The highest BCUT2D eigenvalue weighted by Crippen LogP contribution is 2.40. The van der Waals surface area contributed by atoms with Gasteiger partial charge in [0.1, 0.15) is 0 Å². The van der Waals surface area contributed by atoms with E-state index in [2.05, 4.69) is 4.74 Å². The maximum Gasteiger partial charge on any atom is 0.308 e. The first-order chi connectivity index (χ1) is 8.14. The Morgan fingerprint density at radius 2 is 2.35 bits per heavy atom. The van der Waals surface area contributed by atoms with E-state index in [0.29, 0.717) is 11.9 Å². The molecule has 0 radical (unpaired) electrons. The molecule has 0 aromatic carbocycles. The highest BCUT2D eigenvalue weighted by Gasteiger charge is 2.45. The molecular formula is C12H20O4S. The normalized spacial score (nSPS) is 38.0. The molecule has 0 aromatic rings. The largest absolute Gasteiger partial charge is 0.469 e. The molecule has 5 heteroatoms. The average Bonchev–Trinajstić information content (AvgIpc) is 2.73. The van der Waals surface area contributed by atoms with Crippen LogP contribution in [0.15, 0.2) is 0 Å². The summed E-state index contributed by atoms with van der Waals surface area (Å²) in [6.07, 6.45) is 3.77. The maximum absolute atomic E-state index is 11.2. The molecule has 0 aromatic heterocycles. The van der Waals surface area contributed by atoms with E-state index in [1.807, 2.05) is 18.7 Å². The second-order valence-electron chi connectivity index (χ2n) is 4.70. The summed E-state index contributed by atoms with van der Waals surface area (Å²) in [4.78, 5) is 11.2. The molecule has 4 nitrogen and oxygen atoms in total. The van der Waals surface area contributed by atoms with Crippen LogP contribution in [-0.4, -0.2) is 42.6 Å². The van der Waals surface area contributed by atoms with Crippen molar-refractivity contribution in [3.63, 3.8) is 0 Å². The Bertz CT molecular complexity index is 278. The second-order valence-corrected chi connectivity index (χ2v) is 6.01. The zero-order chi connectivity index (χ0) is 12.3. The zero-order valence-electron chi connectivity index (χ0n) is 10.4. The molecule has 0 saturated carbocycles. The predicted molar refractivity (Wildman–Crippen MR) is 66.0 cm³/mol.